The third kappa shape index (κ3) is 4.27. The molecule has 0 unspecified atom stereocenters. The first-order valence-electron chi connectivity index (χ1n) is 9.97. The summed E-state index contributed by atoms with van der Waals surface area (Å²) in [6.45, 7) is 4.89. The minimum absolute atomic E-state index is 0.0387. The van der Waals surface area contributed by atoms with Gasteiger partial charge in [-0.1, -0.05) is 17.7 Å². The summed E-state index contributed by atoms with van der Waals surface area (Å²) >= 11 is 0. The number of anilines is 3. The van der Waals surface area contributed by atoms with Crippen LogP contribution in [0.15, 0.2) is 64.5 Å². The van der Waals surface area contributed by atoms with Gasteiger partial charge in [0.2, 0.25) is 15.8 Å². The number of hydrogen-bond donors (Lipinski definition) is 1. The number of piperazine rings is 1. The number of aromatic nitrogens is 2. The fraction of sp³-hybridized carbons (Fsp3) is 0.273. The average molecular weight is 440 g/mol. The number of sulfone groups is 1. The van der Waals surface area contributed by atoms with Gasteiger partial charge in [-0.3, -0.25) is 0 Å². The van der Waals surface area contributed by atoms with Crippen LogP contribution in [0.4, 0.5) is 17.5 Å². The van der Waals surface area contributed by atoms with Gasteiger partial charge in [0, 0.05) is 31.9 Å². The number of nitrogens with zero attached hydrogens (tertiary/aromatic N) is 4. The summed E-state index contributed by atoms with van der Waals surface area (Å²) in [5.74, 6) is 1.23. The minimum Gasteiger partial charge on any atom is -0.497 e. The summed E-state index contributed by atoms with van der Waals surface area (Å²) < 4.78 is 31.0. The third-order valence-corrected chi connectivity index (χ3v) is 7.18. The van der Waals surface area contributed by atoms with E-state index in [1.165, 1.54) is 6.20 Å². The van der Waals surface area contributed by atoms with Crippen LogP contribution in [0.2, 0.25) is 0 Å². The molecule has 0 radical (unpaired) electrons. The van der Waals surface area contributed by atoms with E-state index < -0.39 is 9.84 Å². The highest BCUT2D eigenvalue weighted by Crippen LogP contribution is 2.27. The molecule has 31 heavy (non-hydrogen) atoms. The normalized spacial score (nSPS) is 14.5. The molecule has 3 aromatic rings. The maximum atomic E-state index is 12.9. The monoisotopic (exact) mass is 439 g/mol. The summed E-state index contributed by atoms with van der Waals surface area (Å²) in [4.78, 5) is 13.0. The van der Waals surface area contributed by atoms with Crippen molar-refractivity contribution in [1.82, 2.24) is 9.97 Å². The Labute approximate surface area is 182 Å². The molecule has 0 amide bonds. The largest absolute Gasteiger partial charge is 0.497 e. The van der Waals surface area contributed by atoms with Gasteiger partial charge in [0.1, 0.15) is 16.5 Å². The second-order valence-corrected chi connectivity index (χ2v) is 9.33. The highest BCUT2D eigenvalue weighted by molar-refractivity contribution is 7.91. The smallest absolute Gasteiger partial charge is 0.227 e. The number of methoxy groups -OCH3 is 1. The van der Waals surface area contributed by atoms with Gasteiger partial charge in [-0.2, -0.15) is 4.98 Å². The van der Waals surface area contributed by atoms with Crippen LogP contribution in [-0.2, 0) is 9.84 Å². The van der Waals surface area contributed by atoms with Crippen molar-refractivity contribution >= 4 is 27.3 Å². The van der Waals surface area contributed by atoms with Gasteiger partial charge >= 0.3 is 0 Å². The van der Waals surface area contributed by atoms with Gasteiger partial charge in [-0.15, -0.1) is 0 Å². The fourth-order valence-electron chi connectivity index (χ4n) is 3.54. The van der Waals surface area contributed by atoms with Gasteiger partial charge in [0.25, 0.3) is 0 Å². The molecule has 1 saturated heterocycles. The van der Waals surface area contributed by atoms with E-state index in [9.17, 15) is 8.42 Å². The van der Waals surface area contributed by atoms with E-state index in [-0.39, 0.29) is 15.6 Å². The minimum atomic E-state index is -3.77. The standard InChI is InChI=1S/C22H25N5O3S/c1-16-3-9-19(10-4-16)31(28,29)20-15-24-22(25-21(20)23)27-13-11-26(12-14-27)17-5-7-18(30-2)8-6-17/h3-10,15H,11-14H2,1-2H3,(H2,23,24,25). The van der Waals surface area contributed by atoms with Gasteiger partial charge in [0.15, 0.2) is 0 Å². The molecule has 162 valence electrons. The molecule has 4 rings (SSSR count). The van der Waals surface area contributed by atoms with Crippen molar-refractivity contribution in [2.75, 3.05) is 48.8 Å². The number of benzene rings is 2. The molecule has 1 aromatic heterocycles. The van der Waals surface area contributed by atoms with Crippen LogP contribution >= 0.6 is 0 Å². The van der Waals surface area contributed by atoms with Crippen molar-refractivity contribution in [3.8, 4) is 5.75 Å². The third-order valence-electron chi connectivity index (χ3n) is 5.39. The molecule has 1 aliphatic rings. The Hall–Kier alpha value is -3.33. The maximum Gasteiger partial charge on any atom is 0.227 e. The summed E-state index contributed by atoms with van der Waals surface area (Å²) in [5.41, 5.74) is 8.15. The number of nitrogens with two attached hydrogens (primary N) is 1. The Bertz CT molecular complexity index is 1160. The number of rotatable bonds is 5. The highest BCUT2D eigenvalue weighted by Gasteiger charge is 2.25. The van der Waals surface area contributed by atoms with Crippen LogP contribution in [-0.4, -0.2) is 51.7 Å². The number of hydrogen-bond acceptors (Lipinski definition) is 8. The molecule has 2 N–H and O–H groups in total. The van der Waals surface area contributed by atoms with Crippen molar-refractivity contribution in [3.05, 3.63) is 60.3 Å². The average Bonchev–Trinajstić information content (AvgIpc) is 2.79. The van der Waals surface area contributed by atoms with E-state index in [1.54, 1.807) is 31.4 Å². The molecular formula is C22H25N5O3S. The molecule has 0 bridgehead atoms. The summed E-state index contributed by atoms with van der Waals surface area (Å²) in [5, 5.41) is 0. The molecule has 9 heteroatoms. The lowest BCUT2D eigenvalue weighted by Gasteiger charge is -2.36. The van der Waals surface area contributed by atoms with Gasteiger partial charge in [0.05, 0.1) is 18.2 Å². The summed E-state index contributed by atoms with van der Waals surface area (Å²) in [6, 6.07) is 14.6. The second kappa shape index (κ2) is 8.43. The lowest BCUT2D eigenvalue weighted by atomic mass is 10.2. The van der Waals surface area contributed by atoms with Crippen LogP contribution in [0.1, 0.15) is 5.56 Å². The van der Waals surface area contributed by atoms with E-state index >= 15 is 0 Å². The van der Waals surface area contributed by atoms with Gasteiger partial charge < -0.3 is 20.3 Å². The van der Waals surface area contributed by atoms with E-state index in [1.807, 2.05) is 36.1 Å². The van der Waals surface area contributed by atoms with E-state index in [0.29, 0.717) is 19.0 Å². The van der Waals surface area contributed by atoms with Crippen LogP contribution in [0, 0.1) is 6.92 Å². The van der Waals surface area contributed by atoms with Crippen molar-refractivity contribution in [3.63, 3.8) is 0 Å². The molecule has 1 fully saturated rings. The molecule has 8 nitrogen and oxygen atoms in total. The Balaban J connectivity index is 1.48. The molecule has 0 atom stereocenters. The van der Waals surface area contributed by atoms with Crippen LogP contribution in [0.25, 0.3) is 0 Å². The highest BCUT2D eigenvalue weighted by atomic mass is 32.2. The summed E-state index contributed by atoms with van der Waals surface area (Å²) in [6.07, 6.45) is 1.31. The zero-order valence-corrected chi connectivity index (χ0v) is 18.3. The first-order valence-corrected chi connectivity index (χ1v) is 11.4. The molecule has 2 heterocycles. The van der Waals surface area contributed by atoms with Crippen molar-refractivity contribution < 1.29 is 13.2 Å². The first-order chi connectivity index (χ1) is 14.9. The number of ether oxygens (including phenoxy) is 1. The molecule has 0 saturated carbocycles. The zero-order valence-electron chi connectivity index (χ0n) is 17.5. The predicted octanol–water partition coefficient (Wildman–Crippen LogP) is 2.54. The molecule has 1 aliphatic heterocycles. The second-order valence-electron chi connectivity index (χ2n) is 7.41. The van der Waals surface area contributed by atoms with Crippen molar-refractivity contribution in [1.29, 1.82) is 0 Å². The summed E-state index contributed by atoms with van der Waals surface area (Å²) in [7, 11) is -2.12. The van der Waals surface area contributed by atoms with Gasteiger partial charge in [-0.05, 0) is 43.3 Å². The molecule has 2 aromatic carbocycles. The zero-order chi connectivity index (χ0) is 22.0. The van der Waals surface area contributed by atoms with Crippen LogP contribution < -0.4 is 20.3 Å². The topological polar surface area (TPSA) is 102 Å². The lowest BCUT2D eigenvalue weighted by Crippen LogP contribution is -2.47. The Morgan fingerprint density at radius 3 is 2.13 bits per heavy atom. The number of nitrogen functional groups attached to an aromatic ring is 1. The van der Waals surface area contributed by atoms with E-state index in [2.05, 4.69) is 14.9 Å². The Kier molecular flexibility index (Phi) is 5.69. The van der Waals surface area contributed by atoms with E-state index in [0.717, 1.165) is 30.1 Å². The quantitative estimate of drug-likeness (QED) is 0.647. The first kappa shape index (κ1) is 20.9. The fourth-order valence-corrected chi connectivity index (χ4v) is 4.80. The predicted molar refractivity (Wildman–Crippen MR) is 120 cm³/mol. The SMILES string of the molecule is COc1ccc(N2CCN(c3ncc(S(=O)(=O)c4ccc(C)cc4)c(N)n3)CC2)cc1. The molecular weight excluding hydrogens is 414 g/mol. The van der Waals surface area contributed by atoms with Crippen LogP contribution in [0.5, 0.6) is 5.75 Å². The van der Waals surface area contributed by atoms with Crippen molar-refractivity contribution in [2.24, 2.45) is 0 Å². The Morgan fingerprint density at radius 2 is 1.55 bits per heavy atom. The van der Waals surface area contributed by atoms with E-state index in [4.69, 9.17) is 10.5 Å². The van der Waals surface area contributed by atoms with Gasteiger partial charge in [-0.25, -0.2) is 13.4 Å². The van der Waals surface area contributed by atoms with Crippen LogP contribution in [0.3, 0.4) is 0 Å². The Morgan fingerprint density at radius 1 is 0.935 bits per heavy atom. The maximum absolute atomic E-state index is 12.9. The molecule has 0 aliphatic carbocycles. The lowest BCUT2D eigenvalue weighted by molar-refractivity contribution is 0.415. The van der Waals surface area contributed by atoms with Crippen molar-refractivity contribution in [2.45, 2.75) is 16.7 Å². The molecule has 0 spiro atoms. The number of aryl methyl sites for hydroxylation is 1.